The molecule has 0 bridgehead atoms. The van der Waals surface area contributed by atoms with Crippen molar-refractivity contribution in [2.75, 3.05) is 0 Å². The van der Waals surface area contributed by atoms with Crippen LogP contribution >= 0.6 is 0 Å². The van der Waals surface area contributed by atoms with Gasteiger partial charge in [0.25, 0.3) is 0 Å². The Morgan fingerprint density at radius 3 is 2.89 bits per heavy atom. The van der Waals surface area contributed by atoms with Crippen LogP contribution in [0.4, 0.5) is 0 Å². The van der Waals surface area contributed by atoms with E-state index in [9.17, 15) is 9.59 Å². The highest BCUT2D eigenvalue weighted by atomic mass is 16.4. The summed E-state index contributed by atoms with van der Waals surface area (Å²) in [5.41, 5.74) is 0.838. The number of amides is 1. The summed E-state index contributed by atoms with van der Waals surface area (Å²) in [6.07, 6.45) is 6.66. The number of aryl methyl sites for hydroxylation is 1. The van der Waals surface area contributed by atoms with Gasteiger partial charge in [-0.1, -0.05) is 0 Å². The van der Waals surface area contributed by atoms with Gasteiger partial charge in [-0.25, -0.2) is 0 Å². The lowest BCUT2D eigenvalue weighted by molar-refractivity contribution is -0.141. The van der Waals surface area contributed by atoms with Gasteiger partial charge in [-0.2, -0.15) is 5.10 Å². The summed E-state index contributed by atoms with van der Waals surface area (Å²) in [7, 11) is 1.80. The molecule has 1 aliphatic carbocycles. The van der Waals surface area contributed by atoms with Gasteiger partial charge >= 0.3 is 5.97 Å². The lowest BCUT2D eigenvalue weighted by Crippen LogP contribution is -2.31. The zero-order chi connectivity index (χ0) is 13.8. The summed E-state index contributed by atoms with van der Waals surface area (Å²) in [6, 6.07) is 1.77. The first-order valence-corrected chi connectivity index (χ1v) is 6.25. The molecule has 1 heterocycles. The topological polar surface area (TPSA) is 84.2 Å². The van der Waals surface area contributed by atoms with Crippen molar-refractivity contribution in [2.24, 2.45) is 13.0 Å². The Morgan fingerprint density at radius 2 is 2.32 bits per heavy atom. The van der Waals surface area contributed by atoms with Gasteiger partial charge in [0.1, 0.15) is 0 Å². The molecular weight excluding hydrogens is 246 g/mol. The van der Waals surface area contributed by atoms with Crippen molar-refractivity contribution < 1.29 is 14.7 Å². The normalized spacial score (nSPS) is 22.8. The third-order valence-electron chi connectivity index (χ3n) is 3.39. The number of rotatable bonds is 4. The molecular formula is C13H17N3O3. The molecule has 2 rings (SSSR count). The predicted octanol–water partition coefficient (Wildman–Crippen LogP) is 0.803. The summed E-state index contributed by atoms with van der Waals surface area (Å²) in [6.45, 7) is 0. The Balaban J connectivity index is 1.84. The molecule has 1 aliphatic rings. The molecule has 2 unspecified atom stereocenters. The molecule has 0 spiro atoms. The van der Waals surface area contributed by atoms with Crippen LogP contribution in [0.3, 0.4) is 0 Å². The van der Waals surface area contributed by atoms with Crippen LogP contribution in [-0.2, 0) is 16.6 Å². The molecule has 0 aliphatic heterocycles. The third-order valence-corrected chi connectivity index (χ3v) is 3.39. The molecule has 1 fully saturated rings. The second-order valence-electron chi connectivity index (χ2n) is 4.77. The number of hydrogen-bond acceptors (Lipinski definition) is 3. The fraction of sp³-hybridized carbons (Fsp3) is 0.462. The number of nitrogens with one attached hydrogen (secondary N) is 1. The van der Waals surface area contributed by atoms with Crippen molar-refractivity contribution in [1.29, 1.82) is 0 Å². The van der Waals surface area contributed by atoms with Gasteiger partial charge in [0.05, 0.1) is 11.6 Å². The van der Waals surface area contributed by atoms with Crippen LogP contribution in [0, 0.1) is 5.92 Å². The smallest absolute Gasteiger partial charge is 0.306 e. The SMILES string of the molecule is Cn1nccc1/C=C/C(=O)NC1CCC(C(=O)O)C1. The molecule has 1 amide bonds. The van der Waals surface area contributed by atoms with E-state index in [0.29, 0.717) is 12.8 Å². The average molecular weight is 263 g/mol. The summed E-state index contributed by atoms with van der Waals surface area (Å²) in [5.74, 6) is -1.30. The molecule has 1 aromatic rings. The minimum absolute atomic E-state index is 0.0372. The van der Waals surface area contributed by atoms with E-state index in [1.165, 1.54) is 6.08 Å². The first-order valence-electron chi connectivity index (χ1n) is 6.25. The molecule has 0 radical (unpaired) electrons. The molecule has 6 nitrogen and oxygen atoms in total. The highest BCUT2D eigenvalue weighted by Crippen LogP contribution is 2.25. The molecule has 1 saturated carbocycles. The van der Waals surface area contributed by atoms with Crippen LogP contribution in [0.25, 0.3) is 6.08 Å². The summed E-state index contributed by atoms with van der Waals surface area (Å²) >= 11 is 0. The van der Waals surface area contributed by atoms with Crippen molar-refractivity contribution in [3.8, 4) is 0 Å². The van der Waals surface area contributed by atoms with Crippen LogP contribution < -0.4 is 5.32 Å². The van der Waals surface area contributed by atoms with Gasteiger partial charge in [0, 0.05) is 25.4 Å². The highest BCUT2D eigenvalue weighted by Gasteiger charge is 2.30. The number of nitrogens with zero attached hydrogens (tertiary/aromatic N) is 2. The van der Waals surface area contributed by atoms with Crippen LogP contribution in [0.15, 0.2) is 18.3 Å². The quantitative estimate of drug-likeness (QED) is 0.787. The van der Waals surface area contributed by atoms with E-state index in [0.717, 1.165) is 12.1 Å². The minimum atomic E-state index is -0.776. The molecule has 2 N–H and O–H groups in total. The largest absolute Gasteiger partial charge is 0.481 e. The number of carbonyl (C=O) groups is 2. The Bertz CT molecular complexity index is 507. The van der Waals surface area contributed by atoms with Gasteiger partial charge in [0.2, 0.25) is 5.91 Å². The fourth-order valence-electron chi connectivity index (χ4n) is 2.29. The van der Waals surface area contributed by atoms with Crippen LogP contribution in [0.1, 0.15) is 25.0 Å². The van der Waals surface area contributed by atoms with Crippen molar-refractivity contribution in [3.05, 3.63) is 24.0 Å². The van der Waals surface area contributed by atoms with Gasteiger partial charge in [-0.05, 0) is 31.4 Å². The second-order valence-corrected chi connectivity index (χ2v) is 4.77. The molecule has 6 heteroatoms. The van der Waals surface area contributed by atoms with Gasteiger partial charge in [-0.15, -0.1) is 0 Å². The molecule has 0 aromatic carbocycles. The van der Waals surface area contributed by atoms with E-state index >= 15 is 0 Å². The van der Waals surface area contributed by atoms with E-state index < -0.39 is 5.97 Å². The summed E-state index contributed by atoms with van der Waals surface area (Å²) in [5, 5.41) is 15.7. The van der Waals surface area contributed by atoms with Crippen molar-refractivity contribution >= 4 is 18.0 Å². The average Bonchev–Trinajstić information content (AvgIpc) is 2.96. The Labute approximate surface area is 111 Å². The van der Waals surface area contributed by atoms with Crippen LogP contribution in [0.2, 0.25) is 0 Å². The molecule has 2 atom stereocenters. The number of aromatic nitrogens is 2. The minimum Gasteiger partial charge on any atom is -0.481 e. The van der Waals surface area contributed by atoms with Crippen molar-refractivity contribution in [1.82, 2.24) is 15.1 Å². The predicted molar refractivity (Wildman–Crippen MR) is 69.1 cm³/mol. The zero-order valence-electron chi connectivity index (χ0n) is 10.7. The third kappa shape index (κ3) is 3.43. The van der Waals surface area contributed by atoms with Gasteiger partial charge in [-0.3, -0.25) is 14.3 Å². The maximum absolute atomic E-state index is 11.7. The van der Waals surface area contributed by atoms with Crippen LogP contribution in [-0.4, -0.2) is 32.8 Å². The van der Waals surface area contributed by atoms with E-state index in [-0.39, 0.29) is 17.9 Å². The van der Waals surface area contributed by atoms with Gasteiger partial charge < -0.3 is 10.4 Å². The van der Waals surface area contributed by atoms with E-state index in [1.807, 2.05) is 0 Å². The summed E-state index contributed by atoms with van der Waals surface area (Å²) < 4.78 is 1.67. The zero-order valence-corrected chi connectivity index (χ0v) is 10.7. The van der Waals surface area contributed by atoms with E-state index in [2.05, 4.69) is 10.4 Å². The number of carbonyl (C=O) groups excluding carboxylic acids is 1. The number of aliphatic carboxylic acids is 1. The highest BCUT2D eigenvalue weighted by molar-refractivity contribution is 5.91. The van der Waals surface area contributed by atoms with Crippen molar-refractivity contribution in [3.63, 3.8) is 0 Å². The number of hydrogen-bond donors (Lipinski definition) is 2. The van der Waals surface area contributed by atoms with E-state index in [1.54, 1.807) is 30.1 Å². The molecule has 1 aromatic heterocycles. The Morgan fingerprint density at radius 1 is 1.53 bits per heavy atom. The first kappa shape index (κ1) is 13.3. The maximum Gasteiger partial charge on any atom is 0.306 e. The molecule has 0 saturated heterocycles. The second kappa shape index (κ2) is 5.69. The van der Waals surface area contributed by atoms with Gasteiger partial charge in [0.15, 0.2) is 0 Å². The maximum atomic E-state index is 11.7. The van der Waals surface area contributed by atoms with Crippen molar-refractivity contribution in [2.45, 2.75) is 25.3 Å². The molecule has 19 heavy (non-hydrogen) atoms. The standard InChI is InChI=1S/C13H17N3O3/c1-16-11(6-7-14-16)4-5-12(17)15-10-3-2-9(8-10)13(18)19/h4-7,9-10H,2-3,8H2,1H3,(H,15,17)(H,18,19)/b5-4+. The number of carboxylic acid groups (broad SMARTS) is 1. The Hall–Kier alpha value is -2.11. The first-order chi connectivity index (χ1) is 9.06. The monoisotopic (exact) mass is 263 g/mol. The summed E-state index contributed by atoms with van der Waals surface area (Å²) in [4.78, 5) is 22.5. The molecule has 102 valence electrons. The van der Waals surface area contributed by atoms with Crippen LogP contribution in [0.5, 0.6) is 0 Å². The lowest BCUT2D eigenvalue weighted by atomic mass is 10.1. The Kier molecular flexibility index (Phi) is 3.99. The van der Waals surface area contributed by atoms with E-state index in [4.69, 9.17) is 5.11 Å². The lowest BCUT2D eigenvalue weighted by Gasteiger charge is -2.10. The fourth-order valence-corrected chi connectivity index (χ4v) is 2.29. The number of carboxylic acids is 1.